The first kappa shape index (κ1) is 10.1. The second-order valence-electron chi connectivity index (χ2n) is 3.53. The van der Waals surface area contributed by atoms with Crippen LogP contribution in [0.2, 0.25) is 0 Å². The highest BCUT2D eigenvalue weighted by Crippen LogP contribution is 2.34. The van der Waals surface area contributed by atoms with Gasteiger partial charge in [0.1, 0.15) is 5.01 Å². The largest absolute Gasteiger partial charge is 0.481 e. The molecule has 15 heavy (non-hydrogen) atoms. The van der Waals surface area contributed by atoms with Crippen LogP contribution in [0.3, 0.4) is 0 Å². The number of aromatic nitrogens is 1. The molecule has 0 fully saturated rings. The third kappa shape index (κ3) is 1.85. The van der Waals surface area contributed by atoms with E-state index in [9.17, 15) is 4.79 Å². The summed E-state index contributed by atoms with van der Waals surface area (Å²) < 4.78 is 0. The Kier molecular flexibility index (Phi) is 2.69. The van der Waals surface area contributed by atoms with Crippen molar-refractivity contribution in [2.45, 2.75) is 31.6 Å². The van der Waals surface area contributed by atoms with E-state index in [0.717, 1.165) is 22.7 Å². The van der Waals surface area contributed by atoms with Gasteiger partial charge >= 0.3 is 5.97 Å². The Bertz CT molecular complexity index is 433. The minimum atomic E-state index is -0.801. The summed E-state index contributed by atoms with van der Waals surface area (Å²) in [6.45, 7) is 0. The molecule has 0 aliphatic heterocycles. The van der Waals surface area contributed by atoms with Crippen LogP contribution in [-0.4, -0.2) is 16.1 Å². The fourth-order valence-electron chi connectivity index (χ4n) is 1.85. The van der Waals surface area contributed by atoms with Crippen molar-refractivity contribution < 1.29 is 9.90 Å². The first-order chi connectivity index (χ1) is 7.22. The average Bonchev–Trinajstić information content (AvgIpc) is 2.59. The Balaban J connectivity index is 2.35. The van der Waals surface area contributed by atoms with Crippen LogP contribution >= 0.6 is 11.3 Å². The molecule has 1 N–H and O–H groups in total. The molecular weight excluding hydrogens is 212 g/mol. The maximum absolute atomic E-state index is 11.0. The SMILES string of the molecule is N#CCc1nc2c(s1)CCCC2C(=O)O. The number of fused-ring (bicyclic) bond motifs is 1. The standard InChI is InChI=1S/C10H10N2O2S/c11-5-4-8-12-9-6(10(13)14)2-1-3-7(9)15-8/h6H,1-4H2,(H,13,14). The van der Waals surface area contributed by atoms with Crippen molar-refractivity contribution in [3.63, 3.8) is 0 Å². The van der Waals surface area contributed by atoms with E-state index in [0.29, 0.717) is 12.1 Å². The van der Waals surface area contributed by atoms with Crippen LogP contribution in [0.5, 0.6) is 0 Å². The van der Waals surface area contributed by atoms with E-state index in [4.69, 9.17) is 10.4 Å². The molecule has 1 aliphatic carbocycles. The minimum Gasteiger partial charge on any atom is -0.481 e. The Hall–Kier alpha value is -1.41. The zero-order chi connectivity index (χ0) is 10.8. The lowest BCUT2D eigenvalue weighted by molar-refractivity contribution is -0.139. The zero-order valence-corrected chi connectivity index (χ0v) is 8.88. The van der Waals surface area contributed by atoms with Gasteiger partial charge in [-0.3, -0.25) is 4.79 Å². The van der Waals surface area contributed by atoms with Crippen LogP contribution in [0.15, 0.2) is 0 Å². The molecule has 0 saturated heterocycles. The Morgan fingerprint density at radius 1 is 1.73 bits per heavy atom. The first-order valence-corrected chi connectivity index (χ1v) is 5.62. The van der Waals surface area contributed by atoms with Gasteiger partial charge in [0.25, 0.3) is 0 Å². The number of aryl methyl sites for hydroxylation is 1. The number of nitrogens with zero attached hydrogens (tertiary/aromatic N) is 2. The maximum Gasteiger partial charge on any atom is 0.312 e. The van der Waals surface area contributed by atoms with Crippen LogP contribution < -0.4 is 0 Å². The molecule has 1 aliphatic rings. The van der Waals surface area contributed by atoms with Gasteiger partial charge in [0.2, 0.25) is 0 Å². The van der Waals surface area contributed by atoms with Gasteiger partial charge < -0.3 is 5.11 Å². The van der Waals surface area contributed by atoms with Crippen molar-refractivity contribution in [2.24, 2.45) is 0 Å². The van der Waals surface area contributed by atoms with E-state index >= 15 is 0 Å². The second kappa shape index (κ2) is 3.99. The molecule has 0 amide bonds. The normalized spacial score (nSPS) is 19.3. The lowest BCUT2D eigenvalue weighted by Crippen LogP contribution is -2.17. The molecule has 78 valence electrons. The van der Waals surface area contributed by atoms with Gasteiger partial charge in [-0.05, 0) is 19.3 Å². The molecule has 1 heterocycles. The van der Waals surface area contributed by atoms with Gasteiger partial charge in [-0.1, -0.05) is 0 Å². The number of carboxylic acids is 1. The van der Waals surface area contributed by atoms with Crippen molar-refractivity contribution in [2.75, 3.05) is 0 Å². The number of aliphatic carboxylic acids is 1. The van der Waals surface area contributed by atoms with Crippen LogP contribution in [0, 0.1) is 11.3 Å². The van der Waals surface area contributed by atoms with Crippen molar-refractivity contribution in [3.05, 3.63) is 15.6 Å². The minimum absolute atomic E-state index is 0.282. The van der Waals surface area contributed by atoms with Gasteiger partial charge in [-0.15, -0.1) is 11.3 Å². The van der Waals surface area contributed by atoms with Gasteiger partial charge in [0, 0.05) is 4.88 Å². The van der Waals surface area contributed by atoms with Crippen LogP contribution in [0.4, 0.5) is 0 Å². The predicted molar refractivity (Wildman–Crippen MR) is 54.7 cm³/mol. The first-order valence-electron chi connectivity index (χ1n) is 4.80. The third-order valence-electron chi connectivity index (χ3n) is 2.53. The monoisotopic (exact) mass is 222 g/mol. The van der Waals surface area contributed by atoms with Crippen LogP contribution in [0.25, 0.3) is 0 Å². The summed E-state index contributed by atoms with van der Waals surface area (Å²) in [6, 6.07) is 2.04. The van der Waals surface area contributed by atoms with E-state index in [1.807, 2.05) is 6.07 Å². The molecule has 1 aromatic heterocycles. The Morgan fingerprint density at radius 2 is 2.53 bits per heavy atom. The van der Waals surface area contributed by atoms with E-state index in [1.54, 1.807) is 0 Å². The molecule has 0 radical (unpaired) electrons. The van der Waals surface area contributed by atoms with Crippen molar-refractivity contribution in [1.82, 2.24) is 4.98 Å². The molecule has 1 aromatic rings. The summed E-state index contributed by atoms with van der Waals surface area (Å²) in [5.41, 5.74) is 0.698. The van der Waals surface area contributed by atoms with Crippen molar-refractivity contribution in [3.8, 4) is 6.07 Å². The molecule has 5 heteroatoms. The summed E-state index contributed by atoms with van der Waals surface area (Å²) in [5, 5.41) is 18.3. The Morgan fingerprint density at radius 3 is 3.20 bits per heavy atom. The predicted octanol–water partition coefficient (Wildman–Crippen LogP) is 1.71. The summed E-state index contributed by atoms with van der Waals surface area (Å²) in [6.07, 6.45) is 2.75. The highest BCUT2D eigenvalue weighted by molar-refractivity contribution is 7.11. The lowest BCUT2D eigenvalue weighted by atomic mass is 9.91. The molecule has 1 atom stereocenters. The molecule has 4 nitrogen and oxygen atoms in total. The molecule has 0 saturated carbocycles. The molecule has 2 rings (SSSR count). The highest BCUT2D eigenvalue weighted by Gasteiger charge is 2.29. The lowest BCUT2D eigenvalue weighted by Gasteiger charge is -2.16. The molecule has 0 aromatic carbocycles. The fourth-order valence-corrected chi connectivity index (χ4v) is 2.96. The van der Waals surface area contributed by atoms with E-state index in [-0.39, 0.29) is 6.42 Å². The van der Waals surface area contributed by atoms with E-state index < -0.39 is 11.9 Å². The molecular formula is C10H10N2O2S. The zero-order valence-electron chi connectivity index (χ0n) is 8.06. The second-order valence-corrected chi connectivity index (χ2v) is 4.70. The van der Waals surface area contributed by atoms with E-state index in [1.165, 1.54) is 11.3 Å². The average molecular weight is 222 g/mol. The highest BCUT2D eigenvalue weighted by atomic mass is 32.1. The number of thiazole rings is 1. The summed E-state index contributed by atoms with van der Waals surface area (Å²) in [4.78, 5) is 16.3. The topological polar surface area (TPSA) is 74.0 Å². The number of carboxylic acid groups (broad SMARTS) is 1. The van der Waals surface area contributed by atoms with Gasteiger partial charge in [0.15, 0.2) is 0 Å². The number of nitriles is 1. The smallest absolute Gasteiger partial charge is 0.312 e. The maximum atomic E-state index is 11.0. The van der Waals surface area contributed by atoms with Gasteiger partial charge in [-0.2, -0.15) is 5.26 Å². The fraction of sp³-hybridized carbons (Fsp3) is 0.500. The molecule has 0 bridgehead atoms. The van der Waals surface area contributed by atoms with Crippen LogP contribution in [0.1, 0.15) is 34.3 Å². The number of carbonyl (C=O) groups is 1. The Labute approximate surface area is 91.2 Å². The number of hydrogen-bond donors (Lipinski definition) is 1. The van der Waals surface area contributed by atoms with Crippen molar-refractivity contribution in [1.29, 1.82) is 5.26 Å². The number of hydrogen-bond acceptors (Lipinski definition) is 4. The molecule has 0 spiro atoms. The third-order valence-corrected chi connectivity index (χ3v) is 3.66. The summed E-state index contributed by atoms with van der Waals surface area (Å²) in [5.74, 6) is -1.26. The molecule has 1 unspecified atom stereocenters. The summed E-state index contributed by atoms with van der Waals surface area (Å²) >= 11 is 1.48. The van der Waals surface area contributed by atoms with Crippen LogP contribution in [-0.2, 0) is 17.6 Å². The summed E-state index contributed by atoms with van der Waals surface area (Å²) in [7, 11) is 0. The quantitative estimate of drug-likeness (QED) is 0.826. The van der Waals surface area contributed by atoms with Gasteiger partial charge in [0.05, 0.1) is 24.1 Å². The van der Waals surface area contributed by atoms with Gasteiger partial charge in [-0.25, -0.2) is 4.98 Å². The van der Waals surface area contributed by atoms with Crippen molar-refractivity contribution >= 4 is 17.3 Å². The number of rotatable bonds is 2. The van der Waals surface area contributed by atoms with E-state index in [2.05, 4.69) is 4.98 Å².